The second-order valence-corrected chi connectivity index (χ2v) is 6.17. The van der Waals surface area contributed by atoms with Crippen LogP contribution >= 0.6 is 0 Å². The number of hydrogen-bond donors (Lipinski definition) is 2. The zero-order valence-corrected chi connectivity index (χ0v) is 12.9. The van der Waals surface area contributed by atoms with Crippen LogP contribution in [0.5, 0.6) is 0 Å². The molecule has 0 bridgehead atoms. The number of H-pyrrole nitrogens is 1. The molecule has 7 heteroatoms. The Bertz CT molecular complexity index is 776. The summed E-state index contributed by atoms with van der Waals surface area (Å²) in [6.45, 7) is 3.39. The van der Waals surface area contributed by atoms with Gasteiger partial charge < -0.3 is 14.6 Å². The van der Waals surface area contributed by atoms with E-state index in [-0.39, 0.29) is 12.6 Å². The molecule has 3 heterocycles. The van der Waals surface area contributed by atoms with Gasteiger partial charge in [0.25, 0.3) is 0 Å². The average Bonchev–Trinajstić information content (AvgIpc) is 3.18. The Morgan fingerprint density at radius 1 is 1.52 bits per heavy atom. The number of piperidine rings is 1. The fraction of sp³-hybridized carbons (Fsp3) is 0.438. The van der Waals surface area contributed by atoms with Gasteiger partial charge in [-0.25, -0.2) is 0 Å². The molecule has 0 saturated carbocycles. The van der Waals surface area contributed by atoms with Crippen LogP contribution in [0.3, 0.4) is 0 Å². The topological polar surface area (TPSA) is 93.0 Å². The van der Waals surface area contributed by atoms with Crippen molar-refractivity contribution in [1.82, 2.24) is 20.7 Å². The second-order valence-electron chi connectivity index (χ2n) is 6.17. The molecular weight excluding hydrogens is 296 g/mol. The monoisotopic (exact) mass is 314 g/mol. The first-order valence-electron chi connectivity index (χ1n) is 7.71. The van der Waals surface area contributed by atoms with E-state index >= 15 is 0 Å². The van der Waals surface area contributed by atoms with Crippen LogP contribution in [0.1, 0.15) is 29.1 Å². The number of aryl methyl sites for hydroxylation is 1. The first-order chi connectivity index (χ1) is 11.2. The van der Waals surface area contributed by atoms with Crippen molar-refractivity contribution in [3.8, 4) is 0 Å². The minimum atomic E-state index is -0.645. The summed E-state index contributed by atoms with van der Waals surface area (Å²) in [5.74, 6) is 0.485. The number of fused-ring (bicyclic) bond motifs is 2. The van der Waals surface area contributed by atoms with E-state index in [9.17, 15) is 4.79 Å². The first-order valence-corrected chi connectivity index (χ1v) is 7.71. The molecule has 2 aliphatic rings. The molecule has 1 unspecified atom stereocenters. The van der Waals surface area contributed by atoms with Crippen molar-refractivity contribution in [3.63, 3.8) is 0 Å². The molecule has 120 valence electrons. The van der Waals surface area contributed by atoms with Crippen molar-refractivity contribution >= 4 is 12.0 Å². The quantitative estimate of drug-likeness (QED) is 0.831. The number of esters is 1. The summed E-state index contributed by atoms with van der Waals surface area (Å²) in [5, 5.41) is 14.3. The van der Waals surface area contributed by atoms with Crippen molar-refractivity contribution in [3.05, 3.63) is 40.5 Å². The molecule has 2 N–H and O–H groups in total. The van der Waals surface area contributed by atoms with E-state index < -0.39 is 5.41 Å². The predicted octanol–water partition coefficient (Wildman–Crippen LogP) is 1.37. The van der Waals surface area contributed by atoms with Gasteiger partial charge in [-0.3, -0.25) is 9.89 Å². The third kappa shape index (κ3) is 2.37. The number of aromatic amines is 1. The lowest BCUT2D eigenvalue weighted by Gasteiger charge is -2.39. The molecule has 0 amide bonds. The van der Waals surface area contributed by atoms with Gasteiger partial charge in [-0.05, 0) is 43.5 Å². The number of aromatic nitrogens is 3. The van der Waals surface area contributed by atoms with Crippen LogP contribution < -0.4 is 5.32 Å². The van der Waals surface area contributed by atoms with Crippen LogP contribution in [0, 0.1) is 12.3 Å². The Morgan fingerprint density at radius 3 is 3.26 bits per heavy atom. The van der Waals surface area contributed by atoms with Gasteiger partial charge in [0.1, 0.15) is 23.5 Å². The summed E-state index contributed by atoms with van der Waals surface area (Å²) in [4.78, 5) is 12.9. The first kappa shape index (κ1) is 14.2. The maximum atomic E-state index is 12.9. The van der Waals surface area contributed by atoms with Crippen LogP contribution in [0.25, 0.3) is 6.08 Å². The van der Waals surface area contributed by atoms with Gasteiger partial charge in [-0.1, -0.05) is 5.16 Å². The average molecular weight is 314 g/mol. The zero-order chi connectivity index (χ0) is 15.9. The summed E-state index contributed by atoms with van der Waals surface area (Å²) >= 11 is 0. The van der Waals surface area contributed by atoms with E-state index in [1.54, 1.807) is 12.3 Å². The molecule has 2 aromatic rings. The van der Waals surface area contributed by atoms with Gasteiger partial charge in [-0.2, -0.15) is 5.10 Å². The lowest BCUT2D eigenvalue weighted by molar-refractivity contribution is -0.155. The smallest absolute Gasteiger partial charge is 0.318 e. The number of ether oxygens (including phenoxy) is 1. The summed E-state index contributed by atoms with van der Waals surface area (Å²) in [6, 6.07) is 1.77. The van der Waals surface area contributed by atoms with Crippen molar-refractivity contribution in [2.24, 2.45) is 5.41 Å². The van der Waals surface area contributed by atoms with E-state index in [1.807, 2.05) is 13.0 Å². The summed E-state index contributed by atoms with van der Waals surface area (Å²) in [6.07, 6.45) is 5.27. The Hall–Kier alpha value is -2.41. The Morgan fingerprint density at radius 2 is 2.43 bits per heavy atom. The van der Waals surface area contributed by atoms with E-state index in [1.165, 1.54) is 0 Å². The van der Waals surface area contributed by atoms with E-state index in [4.69, 9.17) is 9.26 Å². The van der Waals surface area contributed by atoms with Gasteiger partial charge in [0, 0.05) is 12.6 Å². The number of carbonyl (C=O) groups excluding carboxylic acids is 1. The highest BCUT2D eigenvalue weighted by Gasteiger charge is 2.47. The van der Waals surface area contributed by atoms with Crippen LogP contribution in [0.2, 0.25) is 0 Å². The number of nitrogens with zero attached hydrogens (tertiary/aromatic N) is 2. The molecule has 0 aromatic carbocycles. The van der Waals surface area contributed by atoms with Crippen molar-refractivity contribution in [2.75, 3.05) is 13.1 Å². The molecule has 1 aliphatic carbocycles. The summed E-state index contributed by atoms with van der Waals surface area (Å²) in [7, 11) is 0. The van der Waals surface area contributed by atoms with Gasteiger partial charge in [0.2, 0.25) is 0 Å². The van der Waals surface area contributed by atoms with Gasteiger partial charge >= 0.3 is 5.97 Å². The molecule has 0 radical (unpaired) electrons. The SMILES string of the molecule is Cc1cc(COC(=O)C23CNCCC2=Cc2[nH]ncc2C3)no1. The van der Waals surface area contributed by atoms with Gasteiger partial charge in [0.05, 0.1) is 11.9 Å². The van der Waals surface area contributed by atoms with Crippen LogP contribution in [-0.2, 0) is 22.6 Å². The highest BCUT2D eigenvalue weighted by atomic mass is 16.5. The van der Waals surface area contributed by atoms with Crippen LogP contribution in [0.4, 0.5) is 0 Å². The minimum absolute atomic E-state index is 0.128. The molecule has 4 rings (SSSR count). The van der Waals surface area contributed by atoms with Crippen molar-refractivity contribution < 1.29 is 14.1 Å². The molecule has 7 nitrogen and oxygen atoms in total. The molecule has 1 aliphatic heterocycles. The Kier molecular flexibility index (Phi) is 3.30. The normalized spacial score (nSPS) is 22.9. The molecule has 1 atom stereocenters. The third-order valence-corrected chi connectivity index (χ3v) is 4.59. The maximum absolute atomic E-state index is 12.9. The lowest BCUT2D eigenvalue weighted by atomic mass is 9.69. The third-order valence-electron chi connectivity index (χ3n) is 4.59. The predicted molar refractivity (Wildman–Crippen MR) is 81.2 cm³/mol. The summed E-state index contributed by atoms with van der Waals surface area (Å²) in [5.41, 5.74) is 3.13. The lowest BCUT2D eigenvalue weighted by Crippen LogP contribution is -2.50. The Labute approximate surface area is 133 Å². The van der Waals surface area contributed by atoms with Crippen LogP contribution in [0.15, 0.2) is 22.4 Å². The number of carbonyl (C=O) groups is 1. The van der Waals surface area contributed by atoms with Gasteiger partial charge in [0.15, 0.2) is 0 Å². The molecule has 0 spiro atoms. The van der Waals surface area contributed by atoms with E-state index in [2.05, 4.69) is 20.7 Å². The van der Waals surface area contributed by atoms with Crippen molar-refractivity contribution in [2.45, 2.75) is 26.4 Å². The maximum Gasteiger partial charge on any atom is 0.318 e. The molecule has 2 aromatic heterocycles. The van der Waals surface area contributed by atoms with E-state index in [0.29, 0.717) is 24.4 Å². The number of hydrogen-bond acceptors (Lipinski definition) is 6. The second kappa shape index (κ2) is 5.34. The number of nitrogens with one attached hydrogen (secondary N) is 2. The molecule has 23 heavy (non-hydrogen) atoms. The molecular formula is C16H18N4O3. The largest absolute Gasteiger partial charge is 0.458 e. The van der Waals surface area contributed by atoms with Gasteiger partial charge in [-0.15, -0.1) is 0 Å². The molecule has 1 fully saturated rings. The van der Waals surface area contributed by atoms with Crippen molar-refractivity contribution in [1.29, 1.82) is 0 Å². The highest BCUT2D eigenvalue weighted by molar-refractivity contribution is 5.85. The standard InChI is InChI=1S/C16H18N4O3/c1-10-4-13(20-23-10)8-22-15(21)16-6-11-7-18-19-14(11)5-12(16)2-3-17-9-16/h4-5,7,17H,2-3,6,8-9H2,1H3,(H,18,19). The van der Waals surface area contributed by atoms with Crippen LogP contribution in [-0.4, -0.2) is 34.4 Å². The number of rotatable bonds is 3. The Balaban J connectivity index is 1.58. The summed E-state index contributed by atoms with van der Waals surface area (Å²) < 4.78 is 10.6. The minimum Gasteiger partial charge on any atom is -0.458 e. The molecule has 1 saturated heterocycles. The fourth-order valence-electron chi connectivity index (χ4n) is 3.39. The fourth-order valence-corrected chi connectivity index (χ4v) is 3.39. The highest BCUT2D eigenvalue weighted by Crippen LogP contribution is 2.42. The van der Waals surface area contributed by atoms with E-state index in [0.717, 1.165) is 29.8 Å². The zero-order valence-electron chi connectivity index (χ0n) is 12.9.